The molecule has 1 N–H and O–H groups in total. The maximum Gasteiger partial charge on any atom is 0.240 e. The van der Waals surface area contributed by atoms with Crippen molar-refractivity contribution in [2.75, 3.05) is 18.0 Å². The fraction of sp³-hybridized carbons (Fsp3) is 0.217. The van der Waals surface area contributed by atoms with Gasteiger partial charge in [0, 0.05) is 24.8 Å². The van der Waals surface area contributed by atoms with Crippen LogP contribution in [0.5, 0.6) is 11.5 Å². The SMILES string of the molecule is O=S(=O)(NCC1CCCN1c1ccccc1)c1ccc(Oc2ccccc2)cc1. The summed E-state index contributed by atoms with van der Waals surface area (Å²) in [4.78, 5) is 2.52. The van der Waals surface area contributed by atoms with E-state index in [4.69, 9.17) is 4.74 Å². The number of para-hydroxylation sites is 2. The molecule has 1 unspecified atom stereocenters. The molecular weight excluding hydrogens is 384 g/mol. The van der Waals surface area contributed by atoms with Crippen molar-refractivity contribution in [1.82, 2.24) is 4.72 Å². The van der Waals surface area contributed by atoms with Crippen LogP contribution in [0, 0.1) is 0 Å². The minimum absolute atomic E-state index is 0.160. The van der Waals surface area contributed by atoms with Gasteiger partial charge in [-0.25, -0.2) is 13.1 Å². The van der Waals surface area contributed by atoms with Crippen LogP contribution in [0.4, 0.5) is 5.69 Å². The lowest BCUT2D eigenvalue weighted by Crippen LogP contribution is -2.40. The van der Waals surface area contributed by atoms with Gasteiger partial charge in [0.25, 0.3) is 0 Å². The number of sulfonamides is 1. The third kappa shape index (κ3) is 4.78. The fourth-order valence-electron chi connectivity index (χ4n) is 3.61. The first-order valence-electron chi connectivity index (χ1n) is 9.76. The van der Waals surface area contributed by atoms with Crippen LogP contribution < -0.4 is 14.4 Å². The van der Waals surface area contributed by atoms with Gasteiger partial charge in [-0.2, -0.15) is 0 Å². The second-order valence-electron chi connectivity index (χ2n) is 7.06. The minimum atomic E-state index is -3.58. The molecule has 0 spiro atoms. The van der Waals surface area contributed by atoms with Crippen LogP contribution in [0.3, 0.4) is 0 Å². The van der Waals surface area contributed by atoms with Gasteiger partial charge in [0.05, 0.1) is 4.90 Å². The first-order chi connectivity index (χ1) is 14.1. The molecule has 5 nitrogen and oxygen atoms in total. The van der Waals surface area contributed by atoms with Crippen LogP contribution in [0.2, 0.25) is 0 Å². The standard InChI is InChI=1S/C23H24N2O3S/c26-29(27,23-15-13-22(14-16-23)28-21-11-5-2-6-12-21)24-18-20-10-7-17-25(20)19-8-3-1-4-9-19/h1-6,8-9,11-16,20,24H,7,10,17-18H2. The average Bonchev–Trinajstić information content (AvgIpc) is 3.23. The zero-order valence-corrected chi connectivity index (χ0v) is 16.9. The number of hydrogen-bond acceptors (Lipinski definition) is 4. The molecule has 6 heteroatoms. The van der Waals surface area contributed by atoms with Gasteiger partial charge < -0.3 is 9.64 Å². The summed E-state index contributed by atoms with van der Waals surface area (Å²) in [6.07, 6.45) is 2.04. The van der Waals surface area contributed by atoms with E-state index in [0.29, 0.717) is 18.0 Å². The number of benzene rings is 3. The lowest BCUT2D eigenvalue weighted by atomic mass is 10.2. The molecule has 0 radical (unpaired) electrons. The first-order valence-corrected chi connectivity index (χ1v) is 11.2. The van der Waals surface area contributed by atoms with Gasteiger partial charge in [0.2, 0.25) is 10.0 Å². The topological polar surface area (TPSA) is 58.6 Å². The molecule has 1 heterocycles. The molecule has 0 amide bonds. The van der Waals surface area contributed by atoms with Crippen LogP contribution >= 0.6 is 0 Å². The Kier molecular flexibility index (Phi) is 5.83. The molecule has 150 valence electrons. The number of ether oxygens (including phenoxy) is 1. The minimum Gasteiger partial charge on any atom is -0.457 e. The molecular formula is C23H24N2O3S. The number of rotatable bonds is 7. The van der Waals surface area contributed by atoms with Gasteiger partial charge in [-0.3, -0.25) is 0 Å². The van der Waals surface area contributed by atoms with E-state index in [1.807, 2.05) is 48.5 Å². The summed E-state index contributed by atoms with van der Waals surface area (Å²) in [6, 6.07) is 26.2. The molecule has 1 saturated heterocycles. The Morgan fingerprint density at radius 3 is 2.17 bits per heavy atom. The van der Waals surface area contributed by atoms with E-state index in [1.165, 1.54) is 0 Å². The van der Waals surface area contributed by atoms with Gasteiger partial charge in [-0.1, -0.05) is 36.4 Å². The molecule has 3 aromatic rings. The maximum absolute atomic E-state index is 12.7. The Morgan fingerprint density at radius 2 is 1.48 bits per heavy atom. The highest BCUT2D eigenvalue weighted by Gasteiger charge is 2.26. The van der Waals surface area contributed by atoms with E-state index >= 15 is 0 Å². The summed E-state index contributed by atoms with van der Waals surface area (Å²) >= 11 is 0. The zero-order valence-electron chi connectivity index (χ0n) is 16.1. The Labute approximate surface area is 172 Å². The van der Waals surface area contributed by atoms with E-state index in [2.05, 4.69) is 21.8 Å². The van der Waals surface area contributed by atoms with Crippen molar-refractivity contribution in [3.8, 4) is 11.5 Å². The molecule has 1 fully saturated rings. The van der Waals surface area contributed by atoms with Crippen LogP contribution in [-0.4, -0.2) is 27.5 Å². The number of hydrogen-bond donors (Lipinski definition) is 1. The highest BCUT2D eigenvalue weighted by Crippen LogP contribution is 2.26. The highest BCUT2D eigenvalue weighted by atomic mass is 32.2. The monoisotopic (exact) mass is 408 g/mol. The molecule has 0 saturated carbocycles. The van der Waals surface area contributed by atoms with Crippen LogP contribution in [0.1, 0.15) is 12.8 Å². The molecule has 29 heavy (non-hydrogen) atoms. The number of nitrogens with zero attached hydrogens (tertiary/aromatic N) is 1. The van der Waals surface area contributed by atoms with Crippen molar-refractivity contribution < 1.29 is 13.2 Å². The summed E-state index contributed by atoms with van der Waals surface area (Å²) in [5, 5.41) is 0. The van der Waals surface area contributed by atoms with E-state index in [1.54, 1.807) is 24.3 Å². The van der Waals surface area contributed by atoms with E-state index in [0.717, 1.165) is 25.1 Å². The number of nitrogens with one attached hydrogen (secondary N) is 1. The van der Waals surface area contributed by atoms with Gasteiger partial charge in [-0.15, -0.1) is 0 Å². The van der Waals surface area contributed by atoms with Gasteiger partial charge in [0.15, 0.2) is 0 Å². The van der Waals surface area contributed by atoms with Crippen molar-refractivity contribution in [3.05, 3.63) is 84.9 Å². The normalized spacial score (nSPS) is 16.7. The molecule has 3 aromatic carbocycles. The Balaban J connectivity index is 1.39. The molecule has 4 rings (SSSR count). The first kappa shape index (κ1) is 19.5. The quantitative estimate of drug-likeness (QED) is 0.628. The van der Waals surface area contributed by atoms with Crippen LogP contribution in [-0.2, 0) is 10.0 Å². The van der Waals surface area contributed by atoms with E-state index in [9.17, 15) is 8.42 Å². The third-order valence-electron chi connectivity index (χ3n) is 5.09. The van der Waals surface area contributed by atoms with Gasteiger partial charge >= 0.3 is 0 Å². The fourth-order valence-corrected chi connectivity index (χ4v) is 4.68. The predicted molar refractivity (Wildman–Crippen MR) is 115 cm³/mol. The molecule has 1 aliphatic heterocycles. The van der Waals surface area contributed by atoms with E-state index in [-0.39, 0.29) is 10.9 Å². The van der Waals surface area contributed by atoms with Crippen molar-refractivity contribution in [2.45, 2.75) is 23.8 Å². The lowest BCUT2D eigenvalue weighted by molar-refractivity contribution is 0.482. The third-order valence-corrected chi connectivity index (χ3v) is 6.53. The second kappa shape index (κ2) is 8.68. The molecule has 0 bridgehead atoms. The van der Waals surface area contributed by atoms with E-state index < -0.39 is 10.0 Å². The smallest absolute Gasteiger partial charge is 0.240 e. The van der Waals surface area contributed by atoms with Crippen LogP contribution in [0.25, 0.3) is 0 Å². The largest absolute Gasteiger partial charge is 0.457 e. The van der Waals surface area contributed by atoms with Crippen molar-refractivity contribution in [2.24, 2.45) is 0 Å². The Bertz CT molecular complexity index is 1020. The van der Waals surface area contributed by atoms with Crippen molar-refractivity contribution in [1.29, 1.82) is 0 Å². The predicted octanol–water partition coefficient (Wildman–Crippen LogP) is 4.43. The molecule has 1 atom stereocenters. The molecule has 0 aromatic heterocycles. The molecule has 0 aliphatic carbocycles. The summed E-state index contributed by atoms with van der Waals surface area (Å²) in [6.45, 7) is 1.33. The summed E-state index contributed by atoms with van der Waals surface area (Å²) in [5.74, 6) is 1.31. The maximum atomic E-state index is 12.7. The summed E-state index contributed by atoms with van der Waals surface area (Å²) in [7, 11) is -3.58. The van der Waals surface area contributed by atoms with Crippen molar-refractivity contribution >= 4 is 15.7 Å². The highest BCUT2D eigenvalue weighted by molar-refractivity contribution is 7.89. The Hall–Kier alpha value is -2.83. The number of anilines is 1. The summed E-state index contributed by atoms with van der Waals surface area (Å²) in [5.41, 5.74) is 1.14. The average molecular weight is 409 g/mol. The van der Waals surface area contributed by atoms with Gasteiger partial charge in [0.1, 0.15) is 11.5 Å². The Morgan fingerprint density at radius 1 is 0.862 bits per heavy atom. The lowest BCUT2D eigenvalue weighted by Gasteiger charge is -2.27. The van der Waals surface area contributed by atoms with Gasteiger partial charge in [-0.05, 0) is 61.4 Å². The summed E-state index contributed by atoms with van der Waals surface area (Å²) < 4.78 is 34.0. The second-order valence-corrected chi connectivity index (χ2v) is 8.83. The zero-order chi connectivity index (χ0) is 20.1. The molecule has 1 aliphatic rings. The van der Waals surface area contributed by atoms with Crippen LogP contribution in [0.15, 0.2) is 89.8 Å². The van der Waals surface area contributed by atoms with Crippen molar-refractivity contribution in [3.63, 3.8) is 0 Å².